The highest BCUT2D eigenvalue weighted by molar-refractivity contribution is 14.1. The van der Waals surface area contributed by atoms with Gasteiger partial charge in [0.1, 0.15) is 5.69 Å². The van der Waals surface area contributed by atoms with E-state index in [-0.39, 0.29) is 11.6 Å². The Morgan fingerprint density at radius 2 is 2.33 bits per heavy atom. The third kappa shape index (κ3) is 4.72. The van der Waals surface area contributed by atoms with Crippen molar-refractivity contribution in [3.63, 3.8) is 0 Å². The van der Waals surface area contributed by atoms with E-state index in [1.54, 1.807) is 19.3 Å². The number of nitrogens with one attached hydrogen (secondary N) is 1. The highest BCUT2D eigenvalue weighted by Crippen LogP contribution is 2.11. The van der Waals surface area contributed by atoms with Gasteiger partial charge in [0.15, 0.2) is 0 Å². The molecule has 0 radical (unpaired) electrons. The molecule has 0 aliphatic carbocycles. The minimum atomic E-state index is -0.0608. The van der Waals surface area contributed by atoms with Crippen LogP contribution in [0.2, 0.25) is 0 Å². The number of hydrogen-bond donors (Lipinski definition) is 1. The summed E-state index contributed by atoms with van der Waals surface area (Å²) in [6.07, 6.45) is 2.77. The van der Waals surface area contributed by atoms with Crippen molar-refractivity contribution in [1.29, 1.82) is 0 Å². The summed E-state index contributed by atoms with van der Waals surface area (Å²) in [7, 11) is 1.73. The van der Waals surface area contributed by atoms with Crippen LogP contribution >= 0.6 is 38.5 Å². The summed E-state index contributed by atoms with van der Waals surface area (Å²) < 4.78 is 3.47. The van der Waals surface area contributed by atoms with Gasteiger partial charge in [0, 0.05) is 28.2 Å². The van der Waals surface area contributed by atoms with Crippen molar-refractivity contribution < 1.29 is 0 Å². The maximum atomic E-state index is 11.9. The molecular formula is C12H17BrIN3O. The molecule has 6 heteroatoms. The zero-order valence-electron chi connectivity index (χ0n) is 10.7. The van der Waals surface area contributed by atoms with Crippen LogP contribution in [0.15, 0.2) is 26.5 Å². The number of pyridine rings is 1. The summed E-state index contributed by atoms with van der Waals surface area (Å²) in [5, 5.41) is 3.07. The number of nitrogens with zero attached hydrogens (tertiary/aromatic N) is 2. The summed E-state index contributed by atoms with van der Waals surface area (Å²) in [4.78, 5) is 16.4. The molecule has 0 bridgehead atoms. The van der Waals surface area contributed by atoms with Gasteiger partial charge in [-0.25, -0.2) is 0 Å². The van der Waals surface area contributed by atoms with Crippen molar-refractivity contribution >= 4 is 50.0 Å². The van der Waals surface area contributed by atoms with Crippen LogP contribution in [0, 0.1) is 0 Å². The van der Waals surface area contributed by atoms with Gasteiger partial charge in [-0.3, -0.25) is 9.79 Å². The third-order valence-corrected chi connectivity index (χ3v) is 3.46. The molecule has 4 nitrogen and oxygen atoms in total. The number of halogens is 2. The normalized spacial score (nSPS) is 13.5. The van der Waals surface area contributed by atoms with E-state index >= 15 is 0 Å². The second-order valence-electron chi connectivity index (χ2n) is 4.15. The fraction of sp³-hybridized carbons (Fsp3) is 0.500. The summed E-state index contributed by atoms with van der Waals surface area (Å²) in [6, 6.07) is 2.04. The first kappa shape index (κ1) is 15.7. The average Bonchev–Trinajstić information content (AvgIpc) is 2.25. The van der Waals surface area contributed by atoms with Crippen LogP contribution in [0.1, 0.15) is 20.3 Å². The Morgan fingerprint density at radius 1 is 1.67 bits per heavy atom. The van der Waals surface area contributed by atoms with Crippen molar-refractivity contribution in [3.8, 4) is 0 Å². The Hall–Kier alpha value is -0.370. The summed E-state index contributed by atoms with van der Waals surface area (Å²) in [5.74, 6) is 0.766. The van der Waals surface area contributed by atoms with E-state index < -0.39 is 0 Å². The number of alkyl halides is 1. The van der Waals surface area contributed by atoms with Gasteiger partial charge in [0.25, 0.3) is 5.56 Å². The zero-order chi connectivity index (χ0) is 13.7. The van der Waals surface area contributed by atoms with Crippen LogP contribution in [0.4, 0.5) is 5.69 Å². The lowest BCUT2D eigenvalue weighted by Crippen LogP contribution is -2.23. The van der Waals surface area contributed by atoms with E-state index in [0.29, 0.717) is 5.69 Å². The molecule has 1 rings (SSSR count). The van der Waals surface area contributed by atoms with Gasteiger partial charge in [-0.15, -0.1) is 0 Å². The fourth-order valence-corrected chi connectivity index (χ4v) is 2.98. The quantitative estimate of drug-likeness (QED) is 0.348. The molecule has 1 aromatic heterocycles. The maximum Gasteiger partial charge on any atom is 0.274 e. The monoisotopic (exact) mass is 425 g/mol. The largest absolute Gasteiger partial charge is 0.340 e. The molecule has 100 valence electrons. The molecule has 18 heavy (non-hydrogen) atoms. The van der Waals surface area contributed by atoms with Gasteiger partial charge in [-0.2, -0.15) is 0 Å². The minimum absolute atomic E-state index is 0.0608. The van der Waals surface area contributed by atoms with Gasteiger partial charge < -0.3 is 9.88 Å². The first-order valence-corrected chi connectivity index (χ1v) is 7.99. The minimum Gasteiger partial charge on any atom is -0.340 e. The summed E-state index contributed by atoms with van der Waals surface area (Å²) in [6.45, 7) is 3.95. The molecule has 0 aliphatic rings. The van der Waals surface area contributed by atoms with E-state index in [1.807, 2.05) is 6.92 Å². The lowest BCUT2D eigenvalue weighted by Gasteiger charge is -2.10. The van der Waals surface area contributed by atoms with Gasteiger partial charge >= 0.3 is 0 Å². The van der Waals surface area contributed by atoms with Crippen molar-refractivity contribution in [2.45, 2.75) is 26.3 Å². The van der Waals surface area contributed by atoms with E-state index in [1.165, 1.54) is 4.57 Å². The van der Waals surface area contributed by atoms with Gasteiger partial charge in [0.05, 0.1) is 5.84 Å². The number of anilines is 1. The van der Waals surface area contributed by atoms with Crippen LogP contribution in [-0.4, -0.2) is 20.9 Å². The number of rotatable bonds is 4. The fourth-order valence-electron chi connectivity index (χ4n) is 1.54. The Morgan fingerprint density at radius 3 is 2.94 bits per heavy atom. The van der Waals surface area contributed by atoms with Crippen LogP contribution in [0.25, 0.3) is 0 Å². The van der Waals surface area contributed by atoms with Crippen molar-refractivity contribution in [2.24, 2.45) is 12.0 Å². The van der Waals surface area contributed by atoms with E-state index in [0.717, 1.165) is 21.2 Å². The van der Waals surface area contributed by atoms with E-state index in [9.17, 15) is 4.79 Å². The third-order valence-electron chi connectivity index (χ3n) is 2.41. The lowest BCUT2D eigenvalue weighted by molar-refractivity contribution is 0.729. The number of hydrogen-bond acceptors (Lipinski definition) is 2. The number of amidine groups is 1. The van der Waals surface area contributed by atoms with Gasteiger partial charge in [-0.1, -0.05) is 22.6 Å². The Balaban J connectivity index is 2.88. The Kier molecular flexibility index (Phi) is 6.34. The first-order chi connectivity index (χ1) is 8.43. The average molecular weight is 426 g/mol. The van der Waals surface area contributed by atoms with Crippen molar-refractivity contribution in [1.82, 2.24) is 4.57 Å². The standard InChI is InChI=1S/C12H17BrIN3O/c1-8(4-5-14)15-9(2)16-11-6-10(13)7-17(3)12(11)18/h6-8H,4-5H2,1-3H3,(H,15,16). The molecule has 0 spiro atoms. The highest BCUT2D eigenvalue weighted by Gasteiger charge is 2.05. The topological polar surface area (TPSA) is 46.4 Å². The van der Waals surface area contributed by atoms with E-state index in [4.69, 9.17) is 0 Å². The van der Waals surface area contributed by atoms with Crippen LogP contribution in [0.3, 0.4) is 0 Å². The predicted molar refractivity (Wildman–Crippen MR) is 89.1 cm³/mol. The molecule has 0 saturated heterocycles. The SMILES string of the molecule is C/C(=N\C(C)CCI)Nc1cc(Br)cn(C)c1=O. The van der Waals surface area contributed by atoms with Gasteiger partial charge in [-0.05, 0) is 42.3 Å². The van der Waals surface area contributed by atoms with E-state index in [2.05, 4.69) is 55.8 Å². The molecule has 0 fully saturated rings. The number of aliphatic imine (C=N–C) groups is 1. The second kappa shape index (κ2) is 7.28. The van der Waals surface area contributed by atoms with Crippen LogP contribution in [0.5, 0.6) is 0 Å². The first-order valence-electron chi connectivity index (χ1n) is 5.67. The molecule has 0 amide bonds. The predicted octanol–water partition coefficient (Wildman–Crippen LogP) is 3.19. The molecule has 0 aliphatic heterocycles. The number of aryl methyl sites for hydroxylation is 1. The van der Waals surface area contributed by atoms with Crippen molar-refractivity contribution in [2.75, 3.05) is 9.74 Å². The maximum absolute atomic E-state index is 11.9. The van der Waals surface area contributed by atoms with Crippen molar-refractivity contribution in [3.05, 3.63) is 27.1 Å². The molecule has 1 aromatic rings. The molecule has 1 unspecified atom stereocenters. The lowest BCUT2D eigenvalue weighted by atomic mass is 10.3. The molecule has 1 atom stereocenters. The second-order valence-corrected chi connectivity index (χ2v) is 6.15. The molecule has 0 saturated carbocycles. The smallest absolute Gasteiger partial charge is 0.274 e. The summed E-state index contributed by atoms with van der Waals surface area (Å²) in [5.41, 5.74) is 0.476. The molecular weight excluding hydrogens is 409 g/mol. The highest BCUT2D eigenvalue weighted by atomic mass is 127. The zero-order valence-corrected chi connectivity index (χ0v) is 14.4. The molecule has 1 heterocycles. The van der Waals surface area contributed by atoms with Crippen LogP contribution in [-0.2, 0) is 7.05 Å². The summed E-state index contributed by atoms with van der Waals surface area (Å²) >= 11 is 5.71. The molecule has 1 N–H and O–H groups in total. The Bertz CT molecular complexity index is 499. The Labute approximate surface area is 129 Å². The van der Waals surface area contributed by atoms with Crippen LogP contribution < -0.4 is 10.9 Å². The number of aromatic nitrogens is 1. The van der Waals surface area contributed by atoms with Gasteiger partial charge in [0.2, 0.25) is 0 Å². The molecule has 0 aromatic carbocycles.